The van der Waals surface area contributed by atoms with Crippen LogP contribution in [0.5, 0.6) is 0 Å². The van der Waals surface area contributed by atoms with Gasteiger partial charge in [-0.1, -0.05) is 12.1 Å². The monoisotopic (exact) mass is 293 g/mol. The maximum atomic E-state index is 11.0. The van der Waals surface area contributed by atoms with Crippen LogP contribution in [-0.2, 0) is 11.2 Å². The van der Waals surface area contributed by atoms with E-state index in [1.54, 1.807) is 11.8 Å². The first-order chi connectivity index (χ1) is 9.60. The van der Waals surface area contributed by atoms with Crippen molar-refractivity contribution in [2.45, 2.75) is 37.1 Å². The predicted molar refractivity (Wildman–Crippen MR) is 83.3 cm³/mol. The van der Waals surface area contributed by atoms with Crippen molar-refractivity contribution < 1.29 is 9.90 Å². The Balaban J connectivity index is 1.85. The van der Waals surface area contributed by atoms with Gasteiger partial charge in [0.25, 0.3) is 0 Å². The minimum atomic E-state index is -0.634. The molecular weight excluding hydrogens is 270 g/mol. The van der Waals surface area contributed by atoms with Crippen molar-refractivity contribution in [3.8, 4) is 0 Å². The fourth-order valence-electron chi connectivity index (χ4n) is 2.82. The number of carboxylic acids is 1. The summed E-state index contributed by atoms with van der Waals surface area (Å²) in [5.41, 5.74) is 1.36. The molecule has 1 aliphatic rings. The number of carbonyl (C=O) groups is 1. The second-order valence-electron chi connectivity index (χ2n) is 5.55. The predicted octanol–water partition coefficient (Wildman–Crippen LogP) is 3.14. The Morgan fingerprint density at radius 1 is 1.35 bits per heavy atom. The summed E-state index contributed by atoms with van der Waals surface area (Å²) in [6.45, 7) is 4.05. The molecule has 1 saturated heterocycles. The molecule has 1 aliphatic heterocycles. The largest absolute Gasteiger partial charge is 0.481 e. The number of aliphatic carboxylic acids is 1. The molecule has 1 N–H and O–H groups in total. The molecule has 1 aromatic rings. The van der Waals surface area contributed by atoms with Crippen LogP contribution in [0.4, 0.5) is 0 Å². The molecule has 0 aromatic heterocycles. The van der Waals surface area contributed by atoms with Crippen LogP contribution in [0.25, 0.3) is 0 Å². The zero-order valence-corrected chi connectivity index (χ0v) is 13.0. The molecule has 0 spiro atoms. The van der Waals surface area contributed by atoms with Crippen molar-refractivity contribution in [1.29, 1.82) is 0 Å². The molecule has 2 rings (SSSR count). The van der Waals surface area contributed by atoms with E-state index in [2.05, 4.69) is 42.3 Å². The van der Waals surface area contributed by atoms with Gasteiger partial charge in [0.2, 0.25) is 0 Å². The number of rotatable bonds is 5. The smallest absolute Gasteiger partial charge is 0.306 e. The molecule has 110 valence electrons. The first-order valence-corrected chi connectivity index (χ1v) is 8.42. The molecule has 4 heteroatoms. The SMILES string of the molecule is CSc1ccc(CC(C)N2CCC(C(=O)O)CC2)cc1. The van der Waals surface area contributed by atoms with Gasteiger partial charge in [-0.2, -0.15) is 0 Å². The Labute approximate surface area is 125 Å². The van der Waals surface area contributed by atoms with Gasteiger partial charge in [-0.15, -0.1) is 11.8 Å². The summed E-state index contributed by atoms with van der Waals surface area (Å²) in [6, 6.07) is 9.22. The van der Waals surface area contributed by atoms with Crippen molar-refractivity contribution in [3.63, 3.8) is 0 Å². The second-order valence-corrected chi connectivity index (χ2v) is 6.43. The highest BCUT2D eigenvalue weighted by atomic mass is 32.2. The van der Waals surface area contributed by atoms with E-state index in [-0.39, 0.29) is 5.92 Å². The Bertz CT molecular complexity index is 438. The van der Waals surface area contributed by atoms with Crippen LogP contribution in [0.1, 0.15) is 25.3 Å². The van der Waals surface area contributed by atoms with Crippen LogP contribution in [0, 0.1) is 5.92 Å². The molecule has 20 heavy (non-hydrogen) atoms. The lowest BCUT2D eigenvalue weighted by Crippen LogP contribution is -2.42. The number of hydrogen-bond acceptors (Lipinski definition) is 3. The molecule has 1 atom stereocenters. The van der Waals surface area contributed by atoms with Gasteiger partial charge < -0.3 is 10.0 Å². The summed E-state index contributed by atoms with van der Waals surface area (Å²) < 4.78 is 0. The van der Waals surface area contributed by atoms with Gasteiger partial charge in [0, 0.05) is 10.9 Å². The number of thioether (sulfide) groups is 1. The number of carboxylic acid groups (broad SMARTS) is 1. The number of piperidine rings is 1. The molecule has 1 fully saturated rings. The fraction of sp³-hybridized carbons (Fsp3) is 0.562. The number of hydrogen-bond donors (Lipinski definition) is 1. The third kappa shape index (κ3) is 4.00. The Kier molecular flexibility index (Phi) is 5.49. The first-order valence-electron chi connectivity index (χ1n) is 7.20. The zero-order valence-electron chi connectivity index (χ0n) is 12.2. The van der Waals surface area contributed by atoms with Crippen molar-refractivity contribution in [1.82, 2.24) is 4.90 Å². The Hall–Kier alpha value is -1.00. The molecular formula is C16H23NO2S. The van der Waals surface area contributed by atoms with Crippen molar-refractivity contribution in [2.24, 2.45) is 5.92 Å². The van der Waals surface area contributed by atoms with E-state index in [9.17, 15) is 4.79 Å². The molecule has 1 heterocycles. The van der Waals surface area contributed by atoms with Gasteiger partial charge in [0.05, 0.1) is 5.92 Å². The highest BCUT2D eigenvalue weighted by molar-refractivity contribution is 7.98. The summed E-state index contributed by atoms with van der Waals surface area (Å²) in [7, 11) is 0. The van der Waals surface area contributed by atoms with Gasteiger partial charge in [-0.05, 0) is 63.2 Å². The number of likely N-dealkylation sites (tertiary alicyclic amines) is 1. The first kappa shape index (κ1) is 15.4. The molecule has 1 aromatic carbocycles. The second kappa shape index (κ2) is 7.14. The van der Waals surface area contributed by atoms with Crippen LogP contribution in [0.3, 0.4) is 0 Å². The Morgan fingerprint density at radius 2 is 1.95 bits per heavy atom. The van der Waals surface area contributed by atoms with Crippen molar-refractivity contribution in [3.05, 3.63) is 29.8 Å². The standard InChI is InChI=1S/C16H23NO2S/c1-12(11-13-3-5-15(20-2)6-4-13)17-9-7-14(8-10-17)16(18)19/h3-6,12,14H,7-11H2,1-2H3,(H,18,19). The van der Waals surface area contributed by atoms with Crippen LogP contribution >= 0.6 is 11.8 Å². The summed E-state index contributed by atoms with van der Waals surface area (Å²) >= 11 is 1.76. The van der Waals surface area contributed by atoms with E-state index in [0.29, 0.717) is 6.04 Å². The third-order valence-corrected chi connectivity index (χ3v) is 4.94. The average molecular weight is 293 g/mol. The molecule has 0 amide bonds. The lowest BCUT2D eigenvalue weighted by atomic mass is 9.95. The molecule has 0 aliphatic carbocycles. The van der Waals surface area contributed by atoms with E-state index in [1.807, 2.05) is 0 Å². The molecule has 0 radical (unpaired) electrons. The summed E-state index contributed by atoms with van der Waals surface area (Å²) in [5.74, 6) is -0.774. The Morgan fingerprint density at radius 3 is 2.45 bits per heavy atom. The van der Waals surface area contributed by atoms with Gasteiger partial charge >= 0.3 is 5.97 Å². The van der Waals surface area contributed by atoms with Crippen LogP contribution in [0.2, 0.25) is 0 Å². The van der Waals surface area contributed by atoms with Crippen LogP contribution in [0.15, 0.2) is 29.2 Å². The molecule has 0 bridgehead atoms. The number of nitrogens with zero attached hydrogens (tertiary/aromatic N) is 1. The summed E-state index contributed by atoms with van der Waals surface area (Å²) in [4.78, 5) is 14.7. The van der Waals surface area contributed by atoms with Gasteiger partial charge in [-0.3, -0.25) is 4.79 Å². The third-order valence-electron chi connectivity index (χ3n) is 4.19. The maximum Gasteiger partial charge on any atom is 0.306 e. The quantitative estimate of drug-likeness (QED) is 0.847. The highest BCUT2D eigenvalue weighted by Crippen LogP contribution is 2.21. The normalized spacial score (nSPS) is 18.9. The maximum absolute atomic E-state index is 11.0. The molecule has 3 nitrogen and oxygen atoms in total. The average Bonchev–Trinajstić information content (AvgIpc) is 2.48. The minimum Gasteiger partial charge on any atom is -0.481 e. The summed E-state index contributed by atoms with van der Waals surface area (Å²) in [6.07, 6.45) is 4.69. The molecule has 1 unspecified atom stereocenters. The topological polar surface area (TPSA) is 40.5 Å². The number of benzene rings is 1. The van der Waals surface area contributed by atoms with E-state index in [0.717, 1.165) is 32.4 Å². The van der Waals surface area contributed by atoms with Gasteiger partial charge in [0.1, 0.15) is 0 Å². The minimum absolute atomic E-state index is 0.140. The fourth-order valence-corrected chi connectivity index (χ4v) is 3.23. The molecule has 0 saturated carbocycles. The van der Waals surface area contributed by atoms with E-state index >= 15 is 0 Å². The lowest BCUT2D eigenvalue weighted by molar-refractivity contribution is -0.143. The summed E-state index contributed by atoms with van der Waals surface area (Å²) in [5, 5.41) is 9.03. The van der Waals surface area contributed by atoms with E-state index in [4.69, 9.17) is 5.11 Å². The van der Waals surface area contributed by atoms with Gasteiger partial charge in [0.15, 0.2) is 0 Å². The van der Waals surface area contributed by atoms with E-state index in [1.165, 1.54) is 10.5 Å². The lowest BCUT2D eigenvalue weighted by Gasteiger charge is -2.34. The highest BCUT2D eigenvalue weighted by Gasteiger charge is 2.26. The van der Waals surface area contributed by atoms with Crippen LogP contribution < -0.4 is 0 Å². The van der Waals surface area contributed by atoms with Crippen molar-refractivity contribution in [2.75, 3.05) is 19.3 Å². The van der Waals surface area contributed by atoms with Crippen LogP contribution in [-0.4, -0.2) is 41.4 Å². The van der Waals surface area contributed by atoms with Crippen molar-refractivity contribution >= 4 is 17.7 Å². The van der Waals surface area contributed by atoms with E-state index < -0.39 is 5.97 Å². The van der Waals surface area contributed by atoms with Gasteiger partial charge in [-0.25, -0.2) is 0 Å². The zero-order chi connectivity index (χ0) is 14.5.